The Morgan fingerprint density at radius 3 is 1.52 bits per heavy atom. The van der Waals surface area contributed by atoms with E-state index in [-0.39, 0.29) is 22.2 Å². The Labute approximate surface area is 432 Å². The van der Waals surface area contributed by atoms with Crippen LogP contribution in [-0.4, -0.2) is 27.6 Å². The van der Waals surface area contributed by atoms with Crippen LogP contribution in [0.25, 0.3) is 94.7 Å². The molecule has 13 aromatic rings. The highest BCUT2D eigenvalue weighted by atomic mass is 28.3. The van der Waals surface area contributed by atoms with Gasteiger partial charge in [-0.15, -0.1) is 0 Å². The lowest BCUT2D eigenvalue weighted by atomic mass is 10.0. The summed E-state index contributed by atoms with van der Waals surface area (Å²) in [6.07, 6.45) is 0. The summed E-state index contributed by atoms with van der Waals surface area (Å²) in [5.74, 6) is -1.63. The molecule has 0 N–H and O–H groups in total. The number of fused-ring (bicyclic) bond motifs is 6. The van der Waals surface area contributed by atoms with Crippen LogP contribution in [-0.2, 0) is 0 Å². The van der Waals surface area contributed by atoms with Crippen molar-refractivity contribution in [3.8, 4) is 51.0 Å². The van der Waals surface area contributed by atoms with Gasteiger partial charge in [0, 0.05) is 43.8 Å². The molecule has 0 fully saturated rings. The van der Waals surface area contributed by atoms with Crippen molar-refractivity contribution in [2.45, 2.75) is 0 Å². The van der Waals surface area contributed by atoms with Crippen molar-refractivity contribution < 1.29 is 35.9 Å². The minimum Gasteiger partial charge on any atom is -0.455 e. The first-order chi connectivity index (χ1) is 43.8. The standard InChI is InChI=1S/C63H42N4OSi/c1-4-21-46(22-5-1)69(47-23-6-2-7-24-47,48-25-8-3-9-26-48)49-27-18-20-45(42-49)62-64-61(44-40-38-43(39-41-44)50-32-19-33-54-53-30-13-17-37-59(53)68-60(50)54)65-63(66-62)55-31-12-16-36-58(55)67-56-34-14-10-28-51(56)52-29-11-15-35-57(52)67/h1-42H/i10D,11D,12D,13D,14D,15D,16D,17D,19D,28D,29D,30D,31D,32D,33D,34D,35D,36D,37D,38D,39D,40D,41D. The largest absolute Gasteiger partial charge is 0.455 e. The molecule has 3 heterocycles. The quantitative estimate of drug-likeness (QED) is 0.107. The molecule has 0 aliphatic heterocycles. The molecule has 69 heavy (non-hydrogen) atoms. The number of benzene rings is 10. The van der Waals surface area contributed by atoms with Crippen molar-refractivity contribution in [3.63, 3.8) is 0 Å². The van der Waals surface area contributed by atoms with Crippen molar-refractivity contribution in [1.29, 1.82) is 0 Å². The van der Waals surface area contributed by atoms with Crippen LogP contribution in [0, 0.1) is 0 Å². The highest BCUT2D eigenvalue weighted by Crippen LogP contribution is 2.38. The van der Waals surface area contributed by atoms with E-state index in [4.69, 9.17) is 37.2 Å². The number of nitrogens with zero attached hydrogens (tertiary/aromatic N) is 4. The van der Waals surface area contributed by atoms with E-state index >= 15 is 0 Å². The molecule has 0 unspecified atom stereocenters. The minimum absolute atomic E-state index is 0.209. The summed E-state index contributed by atoms with van der Waals surface area (Å²) in [4.78, 5) is 14.6. The van der Waals surface area contributed by atoms with Crippen LogP contribution < -0.4 is 20.7 Å². The van der Waals surface area contributed by atoms with Crippen LogP contribution in [0.15, 0.2) is 259 Å². The van der Waals surface area contributed by atoms with Crippen LogP contribution in [0.2, 0.25) is 0 Å². The molecule has 324 valence electrons. The van der Waals surface area contributed by atoms with Crippen LogP contribution >= 0.6 is 0 Å². The molecule has 0 bridgehead atoms. The summed E-state index contributed by atoms with van der Waals surface area (Å²) in [5, 5.41) is 2.07. The lowest BCUT2D eigenvalue weighted by Gasteiger charge is -2.34. The van der Waals surface area contributed by atoms with Crippen molar-refractivity contribution >= 4 is 72.6 Å². The lowest BCUT2D eigenvalue weighted by molar-refractivity contribution is 0.670. The van der Waals surface area contributed by atoms with E-state index in [1.165, 1.54) is 0 Å². The van der Waals surface area contributed by atoms with E-state index in [9.17, 15) is 13.7 Å². The lowest BCUT2D eigenvalue weighted by Crippen LogP contribution is -2.74. The van der Waals surface area contributed by atoms with Gasteiger partial charge in [-0.1, -0.05) is 224 Å². The van der Waals surface area contributed by atoms with Crippen molar-refractivity contribution in [2.75, 3.05) is 0 Å². The van der Waals surface area contributed by atoms with Crippen LogP contribution in [0.1, 0.15) is 31.5 Å². The molecule has 5 nitrogen and oxygen atoms in total. The zero-order chi connectivity index (χ0) is 65.7. The van der Waals surface area contributed by atoms with Gasteiger partial charge in [-0.2, -0.15) is 0 Å². The molecule has 0 amide bonds. The van der Waals surface area contributed by atoms with Crippen LogP contribution in [0.3, 0.4) is 0 Å². The molecule has 10 aromatic carbocycles. The second kappa shape index (κ2) is 16.7. The second-order valence-electron chi connectivity index (χ2n) is 15.8. The number of hydrogen-bond acceptors (Lipinski definition) is 4. The molecule has 13 rings (SSSR count). The Bertz CT molecular complexity index is 5200. The molecular formula is C63H42N4OSi. The third kappa shape index (κ3) is 6.72. The summed E-state index contributed by atoms with van der Waals surface area (Å²) in [7, 11) is -3.41. The SMILES string of the molecule is [2H]c1c([2H])c([2H])c(-n2c3c([2H])c([2H])c([2H])c([2H])c3c3c([2H])c([2H])c([2H])c([2H])c32)c(-c2nc(-c3cccc([Si](c4ccccc4)(c4ccccc4)c4ccccc4)c3)nc(-c3c([2H])c([2H])c(-c4c([2H])c([2H])c([2H])c5c4oc4c([2H])c([2H])c([2H])c([2H])c45)c([2H])c3[2H])n2)c1[2H]. The summed E-state index contributed by atoms with van der Waals surface area (Å²) in [6, 6.07) is 18.0. The summed E-state index contributed by atoms with van der Waals surface area (Å²) in [5.41, 5.74) is -5.03. The number of para-hydroxylation sites is 5. The summed E-state index contributed by atoms with van der Waals surface area (Å²) in [6.45, 7) is 0. The Balaban J connectivity index is 1.17. The first-order valence-corrected chi connectivity index (χ1v) is 23.5. The third-order valence-electron chi connectivity index (χ3n) is 12.0. The topological polar surface area (TPSA) is 56.7 Å². The maximum Gasteiger partial charge on any atom is 0.179 e. The Hall–Kier alpha value is -8.97. The average molecular weight is 922 g/mol. The van der Waals surface area contributed by atoms with Gasteiger partial charge in [-0.25, -0.2) is 15.0 Å². The van der Waals surface area contributed by atoms with Crippen LogP contribution in [0.4, 0.5) is 0 Å². The smallest absolute Gasteiger partial charge is 0.179 e. The Morgan fingerprint density at radius 1 is 0.377 bits per heavy atom. The van der Waals surface area contributed by atoms with Gasteiger partial charge in [0.2, 0.25) is 0 Å². The van der Waals surface area contributed by atoms with Crippen molar-refractivity contribution in [3.05, 3.63) is 254 Å². The highest BCUT2D eigenvalue weighted by Gasteiger charge is 2.41. The predicted octanol–water partition coefficient (Wildman–Crippen LogP) is 12.9. The monoisotopic (exact) mass is 921 g/mol. The molecule has 0 saturated carbocycles. The molecule has 0 saturated heterocycles. The van der Waals surface area contributed by atoms with Crippen molar-refractivity contribution in [2.24, 2.45) is 0 Å². The van der Waals surface area contributed by atoms with E-state index in [2.05, 4.69) is 0 Å². The number of hydrogen-bond donors (Lipinski definition) is 0. The minimum atomic E-state index is -3.41. The van der Waals surface area contributed by atoms with E-state index in [0.29, 0.717) is 0 Å². The Kier molecular flexibility index (Phi) is 5.61. The second-order valence-corrected chi connectivity index (χ2v) is 19.6. The molecule has 0 aliphatic rings. The molecule has 0 radical (unpaired) electrons. The normalized spacial score (nSPS) is 16.4. The van der Waals surface area contributed by atoms with Gasteiger partial charge in [-0.3, -0.25) is 0 Å². The van der Waals surface area contributed by atoms with Gasteiger partial charge in [0.1, 0.15) is 11.2 Å². The van der Waals surface area contributed by atoms with E-state index in [0.717, 1.165) is 25.3 Å². The Morgan fingerprint density at radius 2 is 0.870 bits per heavy atom. The molecule has 6 heteroatoms. The van der Waals surface area contributed by atoms with Gasteiger partial charge in [-0.05, 0) is 56.5 Å². The fourth-order valence-electron chi connectivity index (χ4n) is 9.02. The van der Waals surface area contributed by atoms with E-state index < -0.39 is 220 Å². The fourth-order valence-corrected chi connectivity index (χ4v) is 13.8. The predicted molar refractivity (Wildman–Crippen MR) is 287 cm³/mol. The zero-order valence-electron chi connectivity index (χ0n) is 58.7. The number of aromatic nitrogens is 4. The molecule has 3 aromatic heterocycles. The van der Waals surface area contributed by atoms with Crippen LogP contribution in [0.5, 0.6) is 0 Å². The summed E-state index contributed by atoms with van der Waals surface area (Å²) < 4.78 is 217. The zero-order valence-corrected chi connectivity index (χ0v) is 36.7. The molecule has 0 aliphatic carbocycles. The first-order valence-electron chi connectivity index (χ1n) is 33.0. The fraction of sp³-hybridized carbons (Fsp3) is 0. The molecule has 0 atom stereocenters. The van der Waals surface area contributed by atoms with Gasteiger partial charge >= 0.3 is 0 Å². The van der Waals surface area contributed by atoms with Gasteiger partial charge in [0.15, 0.2) is 25.5 Å². The molecule has 0 spiro atoms. The number of furan rings is 1. The third-order valence-corrected chi connectivity index (χ3v) is 16.8. The van der Waals surface area contributed by atoms with Gasteiger partial charge < -0.3 is 8.98 Å². The van der Waals surface area contributed by atoms with E-state index in [1.807, 2.05) is 103 Å². The van der Waals surface area contributed by atoms with Gasteiger partial charge in [0.25, 0.3) is 0 Å². The van der Waals surface area contributed by atoms with Crippen molar-refractivity contribution in [1.82, 2.24) is 19.5 Å². The van der Waals surface area contributed by atoms with Gasteiger partial charge in [0.05, 0.1) is 48.2 Å². The first kappa shape index (κ1) is 23.2. The summed E-state index contributed by atoms with van der Waals surface area (Å²) >= 11 is 0. The maximum atomic E-state index is 9.82. The average Bonchev–Trinajstić information content (AvgIpc) is 1.52. The van der Waals surface area contributed by atoms with E-state index in [1.54, 1.807) is 12.1 Å². The molecular weight excluding hydrogens is 857 g/mol. The number of rotatable bonds is 9. The highest BCUT2D eigenvalue weighted by molar-refractivity contribution is 7.19. The maximum absolute atomic E-state index is 9.82.